The number of aromatic nitrogens is 2. The van der Waals surface area contributed by atoms with Gasteiger partial charge in [0, 0.05) is 33.3 Å². The number of carbonyl (C=O) groups excluding carboxylic acids is 1. The van der Waals surface area contributed by atoms with Crippen LogP contribution in [0.5, 0.6) is 0 Å². The smallest absolute Gasteiger partial charge is 0.279 e. The van der Waals surface area contributed by atoms with Gasteiger partial charge in [-0.2, -0.15) is 0 Å². The molecule has 0 spiro atoms. The van der Waals surface area contributed by atoms with Gasteiger partial charge in [0.25, 0.3) is 11.1 Å². The molecular weight excluding hydrogens is 413 g/mol. The van der Waals surface area contributed by atoms with Crippen molar-refractivity contribution in [3.8, 4) is 0 Å². The average molecular weight is 428 g/mol. The zero-order valence-corrected chi connectivity index (χ0v) is 16.6. The van der Waals surface area contributed by atoms with E-state index in [0.717, 1.165) is 0 Å². The Labute approximate surface area is 174 Å². The first-order chi connectivity index (χ1) is 13.9. The van der Waals surface area contributed by atoms with Crippen molar-refractivity contribution in [1.29, 1.82) is 0 Å². The number of Topliss-reactive ketones (excluding diaryl/α,β-unsaturated/α-hetero) is 1. The molecule has 0 saturated carbocycles. The van der Waals surface area contributed by atoms with Crippen LogP contribution >= 0.6 is 23.2 Å². The van der Waals surface area contributed by atoms with Gasteiger partial charge in [-0.3, -0.25) is 14.4 Å². The fourth-order valence-electron chi connectivity index (χ4n) is 4.40. The summed E-state index contributed by atoms with van der Waals surface area (Å²) in [5.41, 5.74) is 6.98. The summed E-state index contributed by atoms with van der Waals surface area (Å²) in [5.74, 6) is -0.0886. The van der Waals surface area contributed by atoms with Crippen LogP contribution < -0.4 is 16.9 Å². The van der Waals surface area contributed by atoms with Crippen LogP contribution in [0.4, 0.5) is 5.69 Å². The molecule has 0 saturated heterocycles. The maximum absolute atomic E-state index is 13.5. The van der Waals surface area contributed by atoms with Crippen molar-refractivity contribution >= 4 is 51.1 Å². The Morgan fingerprint density at radius 1 is 1.00 bits per heavy atom. The van der Waals surface area contributed by atoms with E-state index in [1.54, 1.807) is 36.4 Å². The second-order valence-electron chi connectivity index (χ2n) is 7.24. The van der Waals surface area contributed by atoms with Gasteiger partial charge in [-0.25, -0.2) is 9.36 Å². The highest BCUT2D eigenvalue weighted by Crippen LogP contribution is 2.43. The summed E-state index contributed by atoms with van der Waals surface area (Å²) in [7, 11) is 0. The molecule has 6 nitrogen and oxygen atoms in total. The predicted octanol–water partition coefficient (Wildman–Crippen LogP) is 3.62. The highest BCUT2D eigenvalue weighted by Gasteiger charge is 2.40. The van der Waals surface area contributed by atoms with Gasteiger partial charge in [0.15, 0.2) is 5.78 Å². The van der Waals surface area contributed by atoms with Crippen LogP contribution in [0, 0.1) is 0 Å². The fourth-order valence-corrected chi connectivity index (χ4v) is 4.91. The standard InChI is InChI=1S/C21H15Cl2N3O3/c22-10-7-8-11(13(23)9-10)19-18-15(5-2-6-16(18)27)25-21(29)17-12(20(28)26(19)25)3-1-4-14(17)24/h1,3-4,7-9,19H,2,5-6,24H2. The Kier molecular flexibility index (Phi) is 3.98. The van der Waals surface area contributed by atoms with Crippen molar-refractivity contribution in [2.24, 2.45) is 0 Å². The molecule has 2 aromatic carbocycles. The third-order valence-electron chi connectivity index (χ3n) is 5.62. The lowest BCUT2D eigenvalue weighted by Crippen LogP contribution is -2.37. The molecule has 1 aromatic heterocycles. The number of carbonyl (C=O) groups is 1. The molecule has 1 unspecified atom stereocenters. The number of hydrogen-bond donors (Lipinski definition) is 1. The molecule has 1 aliphatic heterocycles. The topological polar surface area (TPSA) is 87.1 Å². The fraction of sp³-hybridized carbons (Fsp3) is 0.190. The average Bonchev–Trinajstić information content (AvgIpc) is 3.03. The van der Waals surface area contributed by atoms with Crippen molar-refractivity contribution in [1.82, 2.24) is 9.36 Å². The summed E-state index contributed by atoms with van der Waals surface area (Å²) in [6, 6.07) is 8.92. The van der Waals surface area contributed by atoms with E-state index in [4.69, 9.17) is 28.9 Å². The Bertz CT molecular complexity index is 1380. The maximum atomic E-state index is 13.5. The van der Waals surface area contributed by atoms with Crippen LogP contribution in [-0.4, -0.2) is 15.1 Å². The number of rotatable bonds is 1. The second kappa shape index (κ2) is 6.34. The Balaban J connectivity index is 1.96. The van der Waals surface area contributed by atoms with Crippen molar-refractivity contribution in [2.75, 3.05) is 5.73 Å². The molecule has 0 bridgehead atoms. The Morgan fingerprint density at radius 2 is 1.79 bits per heavy atom. The van der Waals surface area contributed by atoms with E-state index in [2.05, 4.69) is 0 Å². The summed E-state index contributed by atoms with van der Waals surface area (Å²) in [4.78, 5) is 39.8. The number of benzene rings is 2. The van der Waals surface area contributed by atoms with Gasteiger partial charge in [0.1, 0.15) is 6.04 Å². The number of anilines is 1. The predicted molar refractivity (Wildman–Crippen MR) is 114 cm³/mol. The first kappa shape index (κ1) is 18.2. The lowest BCUT2D eigenvalue weighted by Gasteiger charge is -2.20. The lowest BCUT2D eigenvalue weighted by atomic mass is 9.88. The number of fused-ring (bicyclic) bond motifs is 3. The molecular formula is C21H15Cl2N3O3. The van der Waals surface area contributed by atoms with Crippen molar-refractivity contribution in [3.63, 3.8) is 0 Å². The zero-order chi connectivity index (χ0) is 20.4. The van der Waals surface area contributed by atoms with Crippen molar-refractivity contribution in [2.45, 2.75) is 25.3 Å². The van der Waals surface area contributed by atoms with Crippen LogP contribution in [0.15, 0.2) is 51.6 Å². The van der Waals surface area contributed by atoms with E-state index < -0.39 is 17.2 Å². The lowest BCUT2D eigenvalue weighted by molar-refractivity contribution is -0.116. The Morgan fingerprint density at radius 3 is 2.55 bits per heavy atom. The molecule has 1 aliphatic carbocycles. The molecule has 146 valence electrons. The minimum Gasteiger partial charge on any atom is -0.398 e. The molecule has 0 radical (unpaired) electrons. The number of ketones is 1. The highest BCUT2D eigenvalue weighted by atomic mass is 35.5. The molecule has 0 fully saturated rings. The van der Waals surface area contributed by atoms with E-state index in [9.17, 15) is 14.4 Å². The summed E-state index contributed by atoms with van der Waals surface area (Å²) < 4.78 is 2.66. The number of hydrogen-bond acceptors (Lipinski definition) is 4. The summed E-state index contributed by atoms with van der Waals surface area (Å²) in [6.07, 6.45) is 1.49. The highest BCUT2D eigenvalue weighted by molar-refractivity contribution is 6.35. The molecule has 3 aromatic rings. The van der Waals surface area contributed by atoms with Gasteiger partial charge in [0.05, 0.1) is 16.5 Å². The van der Waals surface area contributed by atoms with Gasteiger partial charge in [-0.05, 0) is 37.1 Å². The van der Waals surface area contributed by atoms with Crippen LogP contribution in [0.3, 0.4) is 0 Å². The van der Waals surface area contributed by atoms with E-state index in [1.165, 1.54) is 9.36 Å². The number of halogens is 2. The molecule has 1 atom stereocenters. The van der Waals surface area contributed by atoms with Crippen LogP contribution in [0.25, 0.3) is 16.5 Å². The number of nitrogen functional groups attached to an aromatic ring is 1. The molecule has 5 rings (SSSR count). The molecule has 2 N–H and O–H groups in total. The van der Waals surface area contributed by atoms with Gasteiger partial charge >= 0.3 is 0 Å². The van der Waals surface area contributed by atoms with Crippen LogP contribution in [-0.2, 0) is 4.79 Å². The van der Waals surface area contributed by atoms with E-state index in [1.807, 2.05) is 0 Å². The van der Waals surface area contributed by atoms with Gasteiger partial charge < -0.3 is 5.73 Å². The molecule has 2 aliphatic rings. The van der Waals surface area contributed by atoms with E-state index >= 15 is 0 Å². The normalized spacial score (nSPS) is 18.3. The SMILES string of the molecule is Nc1cccc2c(=O)n3n(c(=O)c12)C1=C(C(=O)CCC1)C3c1ccc(Cl)cc1Cl. The quantitative estimate of drug-likeness (QED) is 0.600. The third-order valence-corrected chi connectivity index (χ3v) is 6.18. The van der Waals surface area contributed by atoms with Crippen LogP contribution in [0.1, 0.15) is 30.9 Å². The number of nitrogens with two attached hydrogens (primary N) is 1. The van der Waals surface area contributed by atoms with Gasteiger partial charge in [-0.1, -0.05) is 35.3 Å². The molecule has 29 heavy (non-hydrogen) atoms. The van der Waals surface area contributed by atoms with Crippen molar-refractivity contribution in [3.05, 3.63) is 78.3 Å². The summed E-state index contributed by atoms with van der Waals surface area (Å²) in [6.45, 7) is 0. The van der Waals surface area contributed by atoms with Gasteiger partial charge in [-0.15, -0.1) is 0 Å². The first-order valence-corrected chi connectivity index (χ1v) is 9.93. The maximum Gasteiger partial charge on any atom is 0.279 e. The van der Waals surface area contributed by atoms with Gasteiger partial charge in [0.2, 0.25) is 0 Å². The first-order valence-electron chi connectivity index (χ1n) is 9.17. The molecule has 2 heterocycles. The Hall–Kier alpha value is -2.83. The number of nitrogens with zero attached hydrogens (tertiary/aromatic N) is 2. The van der Waals surface area contributed by atoms with E-state index in [-0.39, 0.29) is 22.2 Å². The molecule has 8 heteroatoms. The van der Waals surface area contributed by atoms with E-state index in [0.29, 0.717) is 46.1 Å². The van der Waals surface area contributed by atoms with Crippen molar-refractivity contribution < 1.29 is 4.79 Å². The summed E-state index contributed by atoms with van der Waals surface area (Å²) >= 11 is 12.5. The second-order valence-corrected chi connectivity index (χ2v) is 8.09. The monoisotopic (exact) mass is 427 g/mol. The third kappa shape index (κ3) is 2.46. The summed E-state index contributed by atoms with van der Waals surface area (Å²) in [5, 5.41) is 1.15. The number of allylic oxidation sites excluding steroid dienone is 2. The van der Waals surface area contributed by atoms with Crippen LogP contribution in [0.2, 0.25) is 10.0 Å². The minimum atomic E-state index is -0.784. The largest absolute Gasteiger partial charge is 0.398 e. The molecule has 0 amide bonds. The zero-order valence-electron chi connectivity index (χ0n) is 15.1. The minimum absolute atomic E-state index is 0.0886.